The zero-order valence-electron chi connectivity index (χ0n) is 57.5. The lowest BCUT2D eigenvalue weighted by Crippen LogP contribution is -2.28. The van der Waals surface area contributed by atoms with Crippen LogP contribution in [0.2, 0.25) is 0 Å². The van der Waals surface area contributed by atoms with Crippen LogP contribution in [0.1, 0.15) is 64.1 Å². The van der Waals surface area contributed by atoms with Crippen molar-refractivity contribution in [1.82, 2.24) is 95.4 Å². The zero-order chi connectivity index (χ0) is 71.8. The highest BCUT2D eigenvalue weighted by Gasteiger charge is 2.49. The van der Waals surface area contributed by atoms with Gasteiger partial charge >= 0.3 is 0 Å². The second-order valence-electron chi connectivity index (χ2n) is 25.7. The molecule has 29 nitrogen and oxygen atoms in total. The summed E-state index contributed by atoms with van der Waals surface area (Å²) in [6.45, 7) is 10.7. The molecule has 0 saturated heterocycles. The lowest BCUT2D eigenvalue weighted by Gasteiger charge is -2.12. The van der Waals surface area contributed by atoms with Gasteiger partial charge in [-0.05, 0) is 116 Å². The van der Waals surface area contributed by atoms with Gasteiger partial charge in [-0.25, -0.2) is 19.9 Å². The number of rotatable bonds is 16. The van der Waals surface area contributed by atoms with Crippen LogP contribution in [0.5, 0.6) is 0 Å². The van der Waals surface area contributed by atoms with Crippen molar-refractivity contribution in [2.45, 2.75) is 72.6 Å². The molecule has 0 bridgehead atoms. The third kappa shape index (κ3) is 13.4. The summed E-state index contributed by atoms with van der Waals surface area (Å²) in [7, 11) is 3.24. The predicted octanol–water partition coefficient (Wildman–Crippen LogP) is 8.97. The molecule has 2 atom stereocenters. The summed E-state index contributed by atoms with van der Waals surface area (Å²) >= 11 is 0. The van der Waals surface area contributed by atoms with Gasteiger partial charge in [0, 0.05) is 120 Å². The molecule has 1 fully saturated rings. The number of amides is 3. The van der Waals surface area contributed by atoms with E-state index in [1.54, 1.807) is 53.7 Å². The molecule has 0 spiro atoms. The first-order valence-corrected chi connectivity index (χ1v) is 33.8. The molecule has 29 heteroatoms. The fraction of sp³-hybridized carbons (Fsp3) is 0.243. The van der Waals surface area contributed by atoms with Crippen LogP contribution < -0.4 is 38.9 Å². The molecule has 14 aromatic rings. The highest BCUT2D eigenvalue weighted by molar-refractivity contribution is 6.12. The summed E-state index contributed by atoms with van der Waals surface area (Å²) in [6.07, 6.45) is 20.9. The summed E-state index contributed by atoms with van der Waals surface area (Å²) in [4.78, 5) is 74.3. The molecule has 520 valence electrons. The first-order valence-electron chi connectivity index (χ1n) is 33.8. The SMILES string of the molecule is CCC(=O)C1(Cn2cc3c(N)nc4cc(C5=CC=NC5)ccc4c3n2)CC1.CCNC(=O)Cn1cc2c(n1)c(N)nc1cc(-c3ccn[nH]3)ccc12.CNC(=O)C(C)Cn1cc2c(N)nc3cc(-c4ccn[nH]4)ccc3c2n1.CNC(=O)C(C)n1cc2c(N)nc3cc(C4=CC=NC4)ccc3c2n1. The van der Waals surface area contributed by atoms with Gasteiger partial charge in [0.25, 0.3) is 0 Å². The van der Waals surface area contributed by atoms with Crippen LogP contribution in [0, 0.1) is 11.3 Å². The number of nitrogens with one attached hydrogen (secondary N) is 5. The van der Waals surface area contributed by atoms with E-state index in [4.69, 9.17) is 28.0 Å². The number of hydrogen-bond donors (Lipinski definition) is 9. The Hall–Kier alpha value is -13.1. The fourth-order valence-electron chi connectivity index (χ4n) is 13.1. The number of likely N-dealkylation sites (N-methyl/N-ethyl adjacent to an activating group) is 2. The Kier molecular flexibility index (Phi) is 18.2. The summed E-state index contributed by atoms with van der Waals surface area (Å²) in [5, 5.41) is 47.3. The minimum Gasteiger partial charge on any atom is -0.383 e. The maximum absolute atomic E-state index is 12.3. The Bertz CT molecular complexity index is 5790. The lowest BCUT2D eigenvalue weighted by atomic mass is 9.99. The Morgan fingerprint density at radius 3 is 1.49 bits per heavy atom. The standard InChI is InChI=1S/C21H21N5O.C18H19N7O.C18H18N6O.C17H17N7O/c1-2-18(27)21(6-7-21)12-26-11-16-19(25-26)15-4-3-13(14-5-8-23-10-14)9-17(15)24-20(16)22;1-10(18(26)20-2)8-25-9-13-16(24-25)12-4-3-11(14-5-6-21-23-14)7-15(12)22-17(13)19;1-10(18(25)20-2)24-9-14-16(23-24)13-4-3-11(12-5-6-21-8-12)7-15(13)22-17(14)19;1-2-19-15(25)9-24-8-12-11-4-3-10(13-5-6-20-22-13)7-14(11)21-17(18)16(12)23-24/h3-5,8-9,11H,2,6-7,10,12H2,1H3,(H2,22,24);3-7,9-10H,8H2,1-2H3,(H2,19,22)(H,20,26)(H,21,23);3-7,9-10H,8H2,1-2H3,(H2,19,22)(H,20,25);3-8H,2,9H2,1H3,(H2,18,21)(H,19,25)(H,20,22). The molecule has 1 aliphatic carbocycles. The van der Waals surface area contributed by atoms with Crippen molar-refractivity contribution in [2.24, 2.45) is 21.3 Å². The topological polar surface area (TPSA) is 413 Å². The smallest absolute Gasteiger partial charge is 0.244 e. The fourth-order valence-corrected chi connectivity index (χ4v) is 13.1. The van der Waals surface area contributed by atoms with Gasteiger partial charge in [0.2, 0.25) is 17.7 Å². The van der Waals surface area contributed by atoms with Crippen molar-refractivity contribution in [3.8, 4) is 22.5 Å². The first kappa shape index (κ1) is 67.1. The number of Topliss-reactive ketones (excluding diaryl/α,β-unsaturated/α-hetero) is 1. The number of carbonyl (C=O) groups is 4. The number of aromatic nitrogens is 16. The van der Waals surface area contributed by atoms with Gasteiger partial charge < -0.3 is 38.9 Å². The number of pyridine rings is 4. The van der Waals surface area contributed by atoms with E-state index in [-0.39, 0.29) is 35.6 Å². The average molecular weight is 1380 g/mol. The monoisotopic (exact) mass is 1380 g/mol. The molecule has 4 aromatic carbocycles. The number of aliphatic imine (C=N–C) groups is 2. The maximum Gasteiger partial charge on any atom is 0.244 e. The number of anilines is 4. The summed E-state index contributed by atoms with van der Waals surface area (Å²) < 4.78 is 6.85. The van der Waals surface area contributed by atoms with Crippen molar-refractivity contribution < 1.29 is 19.2 Å². The Morgan fingerprint density at radius 2 is 0.990 bits per heavy atom. The molecule has 103 heavy (non-hydrogen) atoms. The second kappa shape index (κ2) is 27.9. The molecule has 17 rings (SSSR count). The number of benzene rings is 4. The molecular weight excluding hydrogens is 1300 g/mol. The van der Waals surface area contributed by atoms with Gasteiger partial charge in [0.1, 0.15) is 57.9 Å². The van der Waals surface area contributed by atoms with E-state index in [2.05, 4.69) is 93.7 Å². The number of nitrogens with zero attached hydrogens (tertiary/aromatic N) is 16. The number of nitrogen functional groups attached to an aromatic ring is 4. The first-order chi connectivity index (χ1) is 49.9. The maximum atomic E-state index is 12.3. The van der Waals surface area contributed by atoms with E-state index in [9.17, 15) is 19.2 Å². The zero-order valence-corrected chi connectivity index (χ0v) is 57.5. The minimum absolute atomic E-state index is 0.0234. The summed E-state index contributed by atoms with van der Waals surface area (Å²) in [5.74, 6) is 1.57. The number of allylic oxidation sites excluding steroid dienone is 2. The van der Waals surface area contributed by atoms with Crippen LogP contribution in [0.25, 0.3) is 121 Å². The van der Waals surface area contributed by atoms with E-state index in [0.717, 1.165) is 134 Å². The summed E-state index contributed by atoms with van der Waals surface area (Å²) in [6, 6.07) is 27.5. The van der Waals surface area contributed by atoms with E-state index < -0.39 is 6.04 Å². The van der Waals surface area contributed by atoms with E-state index >= 15 is 0 Å². The van der Waals surface area contributed by atoms with Crippen LogP contribution in [-0.2, 0) is 38.8 Å². The van der Waals surface area contributed by atoms with Gasteiger partial charge in [-0.2, -0.15) is 30.6 Å². The largest absolute Gasteiger partial charge is 0.383 e. The summed E-state index contributed by atoms with van der Waals surface area (Å²) in [5.41, 5.74) is 38.8. The lowest BCUT2D eigenvalue weighted by molar-refractivity contribution is -0.125. The quantitative estimate of drug-likeness (QED) is 0.0435. The second-order valence-corrected chi connectivity index (χ2v) is 25.7. The Morgan fingerprint density at radius 1 is 0.524 bits per heavy atom. The molecule has 10 aromatic heterocycles. The van der Waals surface area contributed by atoms with Gasteiger partial charge in [0.15, 0.2) is 5.82 Å². The van der Waals surface area contributed by atoms with Crippen LogP contribution in [0.4, 0.5) is 23.3 Å². The predicted molar refractivity (Wildman–Crippen MR) is 403 cm³/mol. The molecule has 12 heterocycles. The van der Waals surface area contributed by atoms with Crippen LogP contribution in [-0.4, -0.2) is 149 Å². The third-order valence-corrected chi connectivity index (χ3v) is 18.8. The molecule has 2 unspecified atom stereocenters. The molecule has 1 saturated carbocycles. The van der Waals surface area contributed by atoms with Crippen molar-refractivity contribution in [1.29, 1.82) is 0 Å². The third-order valence-electron chi connectivity index (χ3n) is 18.8. The highest BCUT2D eigenvalue weighted by Crippen LogP contribution is 2.49. The number of nitrogens with two attached hydrogens (primary N) is 4. The number of fused-ring (bicyclic) bond motifs is 12. The molecular formula is C74H75N25O4. The number of aromatic amines is 2. The molecule has 3 amide bonds. The van der Waals surface area contributed by atoms with Crippen LogP contribution in [0.3, 0.4) is 0 Å². The molecule has 0 radical (unpaired) electrons. The number of ketones is 1. The van der Waals surface area contributed by atoms with Crippen LogP contribution >= 0.6 is 0 Å². The van der Waals surface area contributed by atoms with E-state index in [0.29, 0.717) is 73.7 Å². The minimum atomic E-state index is -0.424. The van der Waals surface area contributed by atoms with Gasteiger partial charge in [0.05, 0.1) is 81.7 Å². The normalized spacial score (nSPS) is 14.1. The Balaban J connectivity index is 0.000000116. The van der Waals surface area contributed by atoms with Crippen LogP contribution in [0.15, 0.2) is 144 Å². The van der Waals surface area contributed by atoms with E-state index in [1.807, 2.05) is 141 Å². The highest BCUT2D eigenvalue weighted by atomic mass is 16.2. The number of H-pyrrole nitrogens is 2. The van der Waals surface area contributed by atoms with Crippen molar-refractivity contribution in [3.05, 3.63) is 145 Å². The molecule has 13 N–H and O–H groups in total. The average Bonchev–Trinajstić information content (AvgIpc) is 1.65. The van der Waals surface area contributed by atoms with Crippen molar-refractivity contribution in [3.63, 3.8) is 0 Å². The van der Waals surface area contributed by atoms with Gasteiger partial charge in [-0.3, -0.25) is 58.1 Å². The number of hydrogen-bond acceptors (Lipinski definition) is 20. The molecule has 3 aliphatic rings. The van der Waals surface area contributed by atoms with Crippen molar-refractivity contribution in [2.75, 3.05) is 56.7 Å². The number of carbonyl (C=O) groups excluding carboxylic acids is 4. The molecule has 2 aliphatic heterocycles. The van der Waals surface area contributed by atoms with E-state index in [1.165, 1.54) is 5.57 Å². The van der Waals surface area contributed by atoms with Gasteiger partial charge in [-0.1, -0.05) is 44.2 Å². The Labute approximate surface area is 588 Å². The van der Waals surface area contributed by atoms with Crippen molar-refractivity contribution >= 4 is 158 Å². The van der Waals surface area contributed by atoms with Gasteiger partial charge in [-0.15, -0.1) is 0 Å².